The minimum absolute atomic E-state index is 0.00301. The number of halogens is 1. The first kappa shape index (κ1) is 19.7. The molecule has 0 unspecified atom stereocenters. The van der Waals surface area contributed by atoms with Gasteiger partial charge in [-0.2, -0.15) is 0 Å². The van der Waals surface area contributed by atoms with Gasteiger partial charge in [0, 0.05) is 25.7 Å². The van der Waals surface area contributed by atoms with Gasteiger partial charge in [0.25, 0.3) is 0 Å². The maximum Gasteiger partial charge on any atom is 0.317 e. The lowest BCUT2D eigenvalue weighted by Crippen LogP contribution is -2.46. The molecule has 1 aliphatic rings. The zero-order valence-corrected chi connectivity index (χ0v) is 15.6. The molecule has 5 heteroatoms. The van der Waals surface area contributed by atoms with Gasteiger partial charge in [-0.1, -0.05) is 44.2 Å². The Bertz CT molecular complexity index is 510. The number of nitrogens with zero attached hydrogens (tertiary/aromatic N) is 2. The van der Waals surface area contributed by atoms with Gasteiger partial charge in [0.1, 0.15) is 5.82 Å². The van der Waals surface area contributed by atoms with Crippen molar-refractivity contribution in [3.63, 3.8) is 0 Å². The minimum Gasteiger partial charge on any atom is -0.335 e. The third-order valence-electron chi connectivity index (χ3n) is 4.82. The highest BCUT2D eigenvalue weighted by Gasteiger charge is 2.19. The number of hydrogen-bond acceptors (Lipinski definition) is 2. The molecule has 4 nitrogen and oxygen atoms in total. The Hall–Kier alpha value is -1.62. The third kappa shape index (κ3) is 7.43. The lowest BCUT2D eigenvalue weighted by molar-refractivity contribution is 0.182. The van der Waals surface area contributed by atoms with Gasteiger partial charge in [-0.15, -0.1) is 0 Å². The average Bonchev–Trinajstić information content (AvgIpc) is 2.55. The van der Waals surface area contributed by atoms with Crippen molar-refractivity contribution in [2.75, 3.05) is 27.2 Å². The van der Waals surface area contributed by atoms with E-state index in [1.165, 1.54) is 44.2 Å². The predicted molar refractivity (Wildman–Crippen MR) is 100 cm³/mol. The molecule has 1 aliphatic carbocycles. The van der Waals surface area contributed by atoms with Gasteiger partial charge in [0.15, 0.2) is 0 Å². The van der Waals surface area contributed by atoms with Crippen LogP contribution < -0.4 is 5.32 Å². The molecular weight excluding hydrogens is 317 g/mol. The van der Waals surface area contributed by atoms with Crippen molar-refractivity contribution in [3.8, 4) is 0 Å². The molecule has 140 valence electrons. The molecule has 1 aromatic rings. The highest BCUT2D eigenvalue weighted by molar-refractivity contribution is 5.74. The van der Waals surface area contributed by atoms with E-state index < -0.39 is 0 Å². The van der Waals surface area contributed by atoms with Crippen molar-refractivity contribution in [1.82, 2.24) is 15.1 Å². The van der Waals surface area contributed by atoms with Crippen LogP contribution in [0.15, 0.2) is 24.3 Å². The zero-order valence-electron chi connectivity index (χ0n) is 15.6. The van der Waals surface area contributed by atoms with E-state index >= 15 is 0 Å². The number of likely N-dealkylation sites (N-methyl/N-ethyl adjacent to an activating group) is 1. The molecule has 1 saturated carbocycles. The molecule has 0 heterocycles. The fourth-order valence-electron chi connectivity index (χ4n) is 3.25. The number of hydrogen-bond donors (Lipinski definition) is 1. The SMILES string of the molecule is CN(C)CCN(Cc1ccc(F)cc1)C(=O)NC1CCCCCCC1. The first-order valence-corrected chi connectivity index (χ1v) is 9.49. The molecule has 2 amide bonds. The molecule has 25 heavy (non-hydrogen) atoms. The molecule has 0 radical (unpaired) electrons. The monoisotopic (exact) mass is 349 g/mol. The van der Waals surface area contributed by atoms with E-state index in [4.69, 9.17) is 0 Å². The van der Waals surface area contributed by atoms with Gasteiger partial charge < -0.3 is 15.1 Å². The fraction of sp³-hybridized carbons (Fsp3) is 0.650. The standard InChI is InChI=1S/C20H32FN3O/c1-23(2)14-15-24(16-17-10-12-18(21)13-11-17)20(25)22-19-8-6-4-3-5-7-9-19/h10-13,19H,3-9,14-16H2,1-2H3,(H,22,25). The Morgan fingerprint density at radius 3 is 2.24 bits per heavy atom. The molecular formula is C20H32FN3O. The Morgan fingerprint density at radius 1 is 1.04 bits per heavy atom. The first-order valence-electron chi connectivity index (χ1n) is 9.49. The van der Waals surface area contributed by atoms with Crippen LogP contribution in [0.5, 0.6) is 0 Å². The number of rotatable bonds is 6. The highest BCUT2D eigenvalue weighted by atomic mass is 19.1. The van der Waals surface area contributed by atoms with Crippen LogP contribution in [0.4, 0.5) is 9.18 Å². The van der Waals surface area contributed by atoms with E-state index in [0.29, 0.717) is 13.1 Å². The number of carbonyl (C=O) groups is 1. The fourth-order valence-corrected chi connectivity index (χ4v) is 3.25. The summed E-state index contributed by atoms with van der Waals surface area (Å²) in [4.78, 5) is 16.7. The van der Waals surface area contributed by atoms with Crippen LogP contribution in [0.1, 0.15) is 50.5 Å². The molecule has 1 fully saturated rings. The van der Waals surface area contributed by atoms with Crippen molar-refractivity contribution in [2.24, 2.45) is 0 Å². The minimum atomic E-state index is -0.248. The van der Waals surface area contributed by atoms with Crippen LogP contribution in [-0.2, 0) is 6.54 Å². The molecule has 0 aliphatic heterocycles. The van der Waals surface area contributed by atoms with Crippen LogP contribution in [0.3, 0.4) is 0 Å². The summed E-state index contributed by atoms with van der Waals surface area (Å²) in [5.41, 5.74) is 0.952. The average molecular weight is 349 g/mol. The molecule has 0 atom stereocenters. The van der Waals surface area contributed by atoms with Crippen LogP contribution in [0.25, 0.3) is 0 Å². The summed E-state index contributed by atoms with van der Waals surface area (Å²) in [7, 11) is 4.01. The number of nitrogens with one attached hydrogen (secondary N) is 1. The van der Waals surface area contributed by atoms with E-state index in [0.717, 1.165) is 24.9 Å². The van der Waals surface area contributed by atoms with Crippen molar-refractivity contribution >= 4 is 6.03 Å². The van der Waals surface area contributed by atoms with Crippen LogP contribution in [0, 0.1) is 5.82 Å². The molecule has 1 aromatic carbocycles. The second-order valence-corrected chi connectivity index (χ2v) is 7.34. The predicted octanol–water partition coefficient (Wildman–Crippen LogP) is 4.01. The van der Waals surface area contributed by atoms with Crippen LogP contribution >= 0.6 is 0 Å². The summed E-state index contributed by atoms with van der Waals surface area (Å²) in [5.74, 6) is -0.248. The van der Waals surface area contributed by atoms with Gasteiger partial charge in [-0.25, -0.2) is 9.18 Å². The Labute approximate surface area is 151 Å². The number of carbonyl (C=O) groups excluding carboxylic acids is 1. The van der Waals surface area contributed by atoms with E-state index in [2.05, 4.69) is 10.2 Å². The van der Waals surface area contributed by atoms with Crippen LogP contribution in [-0.4, -0.2) is 49.1 Å². The lowest BCUT2D eigenvalue weighted by atomic mass is 9.97. The Balaban J connectivity index is 1.96. The number of amides is 2. The number of urea groups is 1. The lowest BCUT2D eigenvalue weighted by Gasteiger charge is -2.28. The van der Waals surface area contributed by atoms with Crippen molar-refractivity contribution in [3.05, 3.63) is 35.6 Å². The summed E-state index contributed by atoms with van der Waals surface area (Å²) < 4.78 is 13.1. The summed E-state index contributed by atoms with van der Waals surface area (Å²) in [6, 6.07) is 6.68. The molecule has 1 N–H and O–H groups in total. The van der Waals surface area contributed by atoms with E-state index in [-0.39, 0.29) is 17.9 Å². The van der Waals surface area contributed by atoms with E-state index in [1.54, 1.807) is 12.1 Å². The van der Waals surface area contributed by atoms with Crippen LogP contribution in [0.2, 0.25) is 0 Å². The van der Waals surface area contributed by atoms with Crippen molar-refractivity contribution < 1.29 is 9.18 Å². The second-order valence-electron chi connectivity index (χ2n) is 7.34. The largest absolute Gasteiger partial charge is 0.335 e. The summed E-state index contributed by atoms with van der Waals surface area (Å²) in [6.07, 6.45) is 8.40. The zero-order chi connectivity index (χ0) is 18.1. The normalized spacial score (nSPS) is 16.3. The van der Waals surface area contributed by atoms with E-state index in [9.17, 15) is 9.18 Å². The Morgan fingerprint density at radius 2 is 1.64 bits per heavy atom. The van der Waals surface area contributed by atoms with Gasteiger partial charge in [0.05, 0.1) is 0 Å². The van der Waals surface area contributed by atoms with Crippen molar-refractivity contribution in [2.45, 2.75) is 57.5 Å². The van der Waals surface area contributed by atoms with Crippen molar-refractivity contribution in [1.29, 1.82) is 0 Å². The van der Waals surface area contributed by atoms with Gasteiger partial charge in [-0.3, -0.25) is 0 Å². The first-order chi connectivity index (χ1) is 12.0. The molecule has 0 saturated heterocycles. The maximum atomic E-state index is 13.1. The second kappa shape index (κ2) is 10.4. The summed E-state index contributed by atoms with van der Waals surface area (Å²) in [5, 5.41) is 3.24. The van der Waals surface area contributed by atoms with Gasteiger partial charge in [-0.05, 0) is 44.6 Å². The quantitative estimate of drug-likeness (QED) is 0.842. The Kier molecular flexibility index (Phi) is 8.19. The molecule has 0 aromatic heterocycles. The topological polar surface area (TPSA) is 35.6 Å². The van der Waals surface area contributed by atoms with Gasteiger partial charge in [0.2, 0.25) is 0 Å². The third-order valence-corrected chi connectivity index (χ3v) is 4.82. The molecule has 0 bridgehead atoms. The van der Waals surface area contributed by atoms with E-state index in [1.807, 2.05) is 19.0 Å². The number of benzene rings is 1. The molecule has 0 spiro atoms. The highest BCUT2D eigenvalue weighted by Crippen LogP contribution is 2.17. The molecule has 2 rings (SSSR count). The summed E-state index contributed by atoms with van der Waals surface area (Å²) in [6.45, 7) is 1.97. The summed E-state index contributed by atoms with van der Waals surface area (Å²) >= 11 is 0. The van der Waals surface area contributed by atoms with Gasteiger partial charge >= 0.3 is 6.03 Å². The smallest absolute Gasteiger partial charge is 0.317 e. The maximum absolute atomic E-state index is 13.1.